The number of carboxylic acid groups (broad SMARTS) is 1. The van der Waals surface area contributed by atoms with Crippen LogP contribution in [-0.4, -0.2) is 33.8 Å². The Kier molecular flexibility index (Phi) is 4.29. The van der Waals surface area contributed by atoms with Crippen LogP contribution in [0.2, 0.25) is 0 Å². The number of likely N-dealkylation sites (tertiary alicyclic amines) is 1. The summed E-state index contributed by atoms with van der Waals surface area (Å²) in [5.41, 5.74) is 1.67. The van der Waals surface area contributed by atoms with E-state index < -0.39 is 12.0 Å². The fourth-order valence-corrected chi connectivity index (χ4v) is 2.64. The van der Waals surface area contributed by atoms with Crippen LogP contribution in [0.25, 0.3) is 0 Å². The van der Waals surface area contributed by atoms with E-state index in [1.807, 2.05) is 30.3 Å². The zero-order valence-corrected chi connectivity index (χ0v) is 12.8. The number of aromatic carboxylic acids is 1. The molecule has 6 heteroatoms. The average molecular weight is 324 g/mol. The molecule has 122 valence electrons. The van der Waals surface area contributed by atoms with Gasteiger partial charge in [0, 0.05) is 5.69 Å². The minimum absolute atomic E-state index is 0.0896. The van der Waals surface area contributed by atoms with Gasteiger partial charge in [-0.25, -0.2) is 4.79 Å². The SMILES string of the molecule is O=C(O)c1ccc(N[C@H]2CC(=O)N(Cc3ccccc3)C2=O)cc1. The second kappa shape index (κ2) is 6.54. The molecule has 0 radical (unpaired) electrons. The largest absolute Gasteiger partial charge is 0.478 e. The van der Waals surface area contributed by atoms with Crippen LogP contribution in [0.4, 0.5) is 5.69 Å². The molecule has 2 N–H and O–H groups in total. The van der Waals surface area contributed by atoms with Crippen LogP contribution in [0.15, 0.2) is 54.6 Å². The van der Waals surface area contributed by atoms with Crippen molar-refractivity contribution >= 4 is 23.5 Å². The molecule has 6 nitrogen and oxygen atoms in total. The number of benzene rings is 2. The van der Waals surface area contributed by atoms with Gasteiger partial charge in [-0.3, -0.25) is 14.5 Å². The van der Waals surface area contributed by atoms with E-state index in [0.29, 0.717) is 5.69 Å². The van der Waals surface area contributed by atoms with Crippen LogP contribution in [-0.2, 0) is 16.1 Å². The highest BCUT2D eigenvalue weighted by Gasteiger charge is 2.38. The monoisotopic (exact) mass is 324 g/mol. The van der Waals surface area contributed by atoms with E-state index in [1.54, 1.807) is 12.1 Å². The molecule has 3 rings (SSSR count). The molecule has 1 atom stereocenters. The number of carboxylic acids is 1. The van der Waals surface area contributed by atoms with E-state index in [1.165, 1.54) is 17.0 Å². The van der Waals surface area contributed by atoms with E-state index in [4.69, 9.17) is 5.11 Å². The molecule has 1 saturated heterocycles. The van der Waals surface area contributed by atoms with Crippen molar-refractivity contribution < 1.29 is 19.5 Å². The highest BCUT2D eigenvalue weighted by Crippen LogP contribution is 2.21. The third-order valence-electron chi connectivity index (χ3n) is 3.90. The van der Waals surface area contributed by atoms with Crippen molar-refractivity contribution in [1.29, 1.82) is 0 Å². The quantitative estimate of drug-likeness (QED) is 0.823. The first kappa shape index (κ1) is 15.7. The first-order chi connectivity index (χ1) is 11.5. The number of nitrogens with one attached hydrogen (secondary N) is 1. The second-order valence-corrected chi connectivity index (χ2v) is 5.59. The molecule has 0 bridgehead atoms. The van der Waals surface area contributed by atoms with Crippen molar-refractivity contribution in [2.45, 2.75) is 19.0 Å². The van der Waals surface area contributed by atoms with E-state index >= 15 is 0 Å². The molecule has 0 aliphatic carbocycles. The van der Waals surface area contributed by atoms with Gasteiger partial charge in [0.05, 0.1) is 18.5 Å². The van der Waals surface area contributed by atoms with E-state index in [2.05, 4.69) is 5.32 Å². The normalized spacial score (nSPS) is 17.2. The van der Waals surface area contributed by atoms with Gasteiger partial charge in [0.15, 0.2) is 0 Å². The predicted molar refractivity (Wildman–Crippen MR) is 87.4 cm³/mol. The molecule has 0 saturated carbocycles. The highest BCUT2D eigenvalue weighted by molar-refractivity contribution is 6.06. The van der Waals surface area contributed by atoms with E-state index in [-0.39, 0.29) is 30.3 Å². The fourth-order valence-electron chi connectivity index (χ4n) is 2.64. The number of anilines is 1. The number of carbonyl (C=O) groups excluding carboxylic acids is 2. The molecular formula is C18H16N2O4. The first-order valence-corrected chi connectivity index (χ1v) is 7.52. The maximum atomic E-state index is 12.4. The highest BCUT2D eigenvalue weighted by atomic mass is 16.4. The van der Waals surface area contributed by atoms with Gasteiger partial charge in [-0.05, 0) is 29.8 Å². The number of nitrogens with zero attached hydrogens (tertiary/aromatic N) is 1. The number of carbonyl (C=O) groups is 3. The number of imide groups is 1. The predicted octanol–water partition coefficient (Wildman–Crippen LogP) is 2.12. The lowest BCUT2D eigenvalue weighted by Crippen LogP contribution is -2.34. The third-order valence-corrected chi connectivity index (χ3v) is 3.90. The summed E-state index contributed by atoms with van der Waals surface area (Å²) in [5, 5.41) is 11.9. The lowest BCUT2D eigenvalue weighted by atomic mass is 10.2. The minimum atomic E-state index is -1.01. The van der Waals surface area contributed by atoms with Gasteiger partial charge in [0.1, 0.15) is 6.04 Å². The van der Waals surface area contributed by atoms with Gasteiger partial charge in [-0.1, -0.05) is 30.3 Å². The third kappa shape index (κ3) is 3.27. The standard InChI is InChI=1S/C18H16N2O4/c21-16-10-15(19-14-8-6-13(7-9-14)18(23)24)17(22)20(16)11-12-4-2-1-3-5-12/h1-9,15,19H,10-11H2,(H,23,24)/t15-/m0/s1. The summed E-state index contributed by atoms with van der Waals surface area (Å²) < 4.78 is 0. The molecule has 0 unspecified atom stereocenters. The minimum Gasteiger partial charge on any atom is -0.478 e. The number of amides is 2. The number of hydrogen-bond acceptors (Lipinski definition) is 4. The van der Waals surface area contributed by atoms with Crippen LogP contribution in [0.5, 0.6) is 0 Å². The first-order valence-electron chi connectivity index (χ1n) is 7.52. The maximum absolute atomic E-state index is 12.4. The molecular weight excluding hydrogens is 308 g/mol. The lowest BCUT2D eigenvalue weighted by molar-refractivity contribution is -0.139. The van der Waals surface area contributed by atoms with Crippen LogP contribution >= 0.6 is 0 Å². The molecule has 1 aliphatic heterocycles. The summed E-state index contributed by atoms with van der Waals surface area (Å²) in [6.45, 7) is 0.259. The smallest absolute Gasteiger partial charge is 0.335 e. The summed E-state index contributed by atoms with van der Waals surface area (Å²) >= 11 is 0. The van der Waals surface area contributed by atoms with Crippen molar-refractivity contribution in [3.05, 3.63) is 65.7 Å². The van der Waals surface area contributed by atoms with Crippen LogP contribution < -0.4 is 5.32 Å². The molecule has 2 aromatic carbocycles. The average Bonchev–Trinajstić information content (AvgIpc) is 2.84. The Labute approximate surface area is 138 Å². The Bertz CT molecular complexity index is 771. The lowest BCUT2D eigenvalue weighted by Gasteiger charge is -2.16. The van der Waals surface area contributed by atoms with Crippen LogP contribution in [0.3, 0.4) is 0 Å². The van der Waals surface area contributed by atoms with Crippen molar-refractivity contribution in [2.24, 2.45) is 0 Å². The topological polar surface area (TPSA) is 86.7 Å². The molecule has 1 aliphatic rings. The molecule has 1 heterocycles. The van der Waals surface area contributed by atoms with Crippen molar-refractivity contribution in [3.8, 4) is 0 Å². The Hall–Kier alpha value is -3.15. The number of hydrogen-bond donors (Lipinski definition) is 2. The van der Waals surface area contributed by atoms with Crippen molar-refractivity contribution in [3.63, 3.8) is 0 Å². The van der Waals surface area contributed by atoms with Gasteiger partial charge in [0.25, 0.3) is 5.91 Å². The molecule has 0 spiro atoms. The summed E-state index contributed by atoms with van der Waals surface area (Å²) in [5.74, 6) is -1.50. The van der Waals surface area contributed by atoms with Gasteiger partial charge in [-0.2, -0.15) is 0 Å². The summed E-state index contributed by atoms with van der Waals surface area (Å²) in [4.78, 5) is 36.7. The van der Waals surface area contributed by atoms with Gasteiger partial charge < -0.3 is 10.4 Å². The Balaban J connectivity index is 1.68. The Morgan fingerprint density at radius 2 is 1.75 bits per heavy atom. The van der Waals surface area contributed by atoms with Gasteiger partial charge in [0.2, 0.25) is 5.91 Å². The molecule has 2 amide bonds. The van der Waals surface area contributed by atoms with Gasteiger partial charge in [-0.15, -0.1) is 0 Å². The Morgan fingerprint density at radius 3 is 2.38 bits per heavy atom. The van der Waals surface area contributed by atoms with E-state index in [0.717, 1.165) is 5.56 Å². The van der Waals surface area contributed by atoms with Crippen molar-refractivity contribution in [1.82, 2.24) is 4.90 Å². The molecule has 0 aromatic heterocycles. The number of rotatable bonds is 5. The zero-order valence-electron chi connectivity index (χ0n) is 12.8. The summed E-state index contributed by atoms with van der Waals surface area (Å²) in [6, 6.07) is 14.8. The summed E-state index contributed by atoms with van der Waals surface area (Å²) in [6.07, 6.45) is 0.0896. The molecule has 2 aromatic rings. The molecule has 1 fully saturated rings. The van der Waals surface area contributed by atoms with Crippen LogP contribution in [0.1, 0.15) is 22.3 Å². The summed E-state index contributed by atoms with van der Waals surface area (Å²) in [7, 11) is 0. The van der Waals surface area contributed by atoms with Crippen molar-refractivity contribution in [2.75, 3.05) is 5.32 Å². The van der Waals surface area contributed by atoms with Crippen LogP contribution in [0, 0.1) is 0 Å². The van der Waals surface area contributed by atoms with E-state index in [9.17, 15) is 14.4 Å². The second-order valence-electron chi connectivity index (χ2n) is 5.59. The Morgan fingerprint density at radius 1 is 1.08 bits per heavy atom. The van der Waals surface area contributed by atoms with Gasteiger partial charge >= 0.3 is 5.97 Å². The molecule has 24 heavy (non-hydrogen) atoms. The fraction of sp³-hybridized carbons (Fsp3) is 0.167. The maximum Gasteiger partial charge on any atom is 0.335 e. The zero-order chi connectivity index (χ0) is 17.1.